The number of carbonyl (C=O) groups excluding carboxylic acids is 2. The van der Waals surface area contributed by atoms with E-state index in [9.17, 15) is 14.0 Å². The van der Waals surface area contributed by atoms with E-state index in [1.165, 1.54) is 17.0 Å². The van der Waals surface area contributed by atoms with E-state index in [1.807, 2.05) is 0 Å². The predicted molar refractivity (Wildman–Crippen MR) is 79.1 cm³/mol. The van der Waals surface area contributed by atoms with Crippen LogP contribution in [-0.4, -0.2) is 23.3 Å². The van der Waals surface area contributed by atoms with Gasteiger partial charge in [0.15, 0.2) is 0 Å². The van der Waals surface area contributed by atoms with Gasteiger partial charge in [-0.05, 0) is 48.1 Å². The highest BCUT2D eigenvalue weighted by Crippen LogP contribution is 2.48. The molecule has 0 radical (unpaired) electrons. The lowest BCUT2D eigenvalue weighted by Gasteiger charge is -2.13. The van der Waals surface area contributed by atoms with Gasteiger partial charge in [0.1, 0.15) is 5.82 Å². The minimum atomic E-state index is -0.249. The van der Waals surface area contributed by atoms with Crippen LogP contribution in [0.25, 0.3) is 0 Å². The van der Waals surface area contributed by atoms with Crippen LogP contribution in [0.2, 0.25) is 0 Å². The van der Waals surface area contributed by atoms with Crippen LogP contribution in [0, 0.1) is 11.7 Å². The third-order valence-electron chi connectivity index (χ3n) is 4.52. The fraction of sp³-hybridized carbons (Fsp3) is 0.222. The molecule has 0 aromatic heterocycles. The highest BCUT2D eigenvalue weighted by Gasteiger charge is 2.44. The normalized spacial score (nSPS) is 22.9. The van der Waals surface area contributed by atoms with E-state index < -0.39 is 0 Å². The number of carbonyl (C=O) groups is 2. The first-order chi connectivity index (χ1) is 10.6. The van der Waals surface area contributed by atoms with Gasteiger partial charge in [0.05, 0.1) is 11.1 Å². The van der Waals surface area contributed by atoms with Crippen LogP contribution in [-0.2, 0) is 0 Å². The highest BCUT2D eigenvalue weighted by molar-refractivity contribution is 6.21. The van der Waals surface area contributed by atoms with E-state index in [2.05, 4.69) is 0 Å². The molecule has 2 aliphatic rings. The van der Waals surface area contributed by atoms with Gasteiger partial charge < -0.3 is 0 Å². The van der Waals surface area contributed by atoms with Crippen LogP contribution in [0.15, 0.2) is 48.5 Å². The Morgan fingerprint density at radius 2 is 1.55 bits per heavy atom. The lowest BCUT2D eigenvalue weighted by Crippen LogP contribution is -2.31. The maximum Gasteiger partial charge on any atom is 0.261 e. The molecule has 2 aromatic rings. The van der Waals surface area contributed by atoms with Gasteiger partial charge in [-0.2, -0.15) is 0 Å². The molecule has 1 aliphatic carbocycles. The maximum absolute atomic E-state index is 13.0. The molecular formula is C18H14FNO2. The second-order valence-electron chi connectivity index (χ2n) is 5.92. The Bertz CT molecular complexity index is 734. The van der Waals surface area contributed by atoms with Crippen molar-refractivity contribution in [3.63, 3.8) is 0 Å². The first-order valence-electron chi connectivity index (χ1n) is 7.36. The van der Waals surface area contributed by atoms with Crippen LogP contribution in [0.4, 0.5) is 4.39 Å². The molecule has 1 aliphatic heterocycles. The average molecular weight is 295 g/mol. The summed E-state index contributed by atoms with van der Waals surface area (Å²) in [6, 6.07) is 13.4. The number of rotatable bonds is 3. The molecule has 2 amide bonds. The van der Waals surface area contributed by atoms with E-state index in [4.69, 9.17) is 0 Å². The second-order valence-corrected chi connectivity index (χ2v) is 5.92. The summed E-state index contributed by atoms with van der Waals surface area (Å²) < 4.78 is 13.0. The Balaban J connectivity index is 1.49. The molecule has 1 saturated carbocycles. The van der Waals surface area contributed by atoms with E-state index >= 15 is 0 Å². The third-order valence-corrected chi connectivity index (χ3v) is 4.52. The lowest BCUT2D eigenvalue weighted by molar-refractivity contribution is 0.0646. The van der Waals surface area contributed by atoms with Crippen molar-refractivity contribution in [2.24, 2.45) is 5.92 Å². The Labute approximate surface area is 127 Å². The van der Waals surface area contributed by atoms with Crippen molar-refractivity contribution in [3.8, 4) is 0 Å². The van der Waals surface area contributed by atoms with Crippen molar-refractivity contribution < 1.29 is 14.0 Å². The quantitative estimate of drug-likeness (QED) is 0.815. The summed E-state index contributed by atoms with van der Waals surface area (Å²) in [5.41, 5.74) is 2.06. The van der Waals surface area contributed by atoms with Gasteiger partial charge in [-0.1, -0.05) is 24.3 Å². The minimum absolute atomic E-state index is 0.203. The van der Waals surface area contributed by atoms with Crippen molar-refractivity contribution in [1.29, 1.82) is 0 Å². The molecule has 0 spiro atoms. The van der Waals surface area contributed by atoms with E-state index in [-0.39, 0.29) is 23.5 Å². The predicted octanol–water partition coefficient (Wildman–Crippen LogP) is 3.23. The number of fused-ring (bicyclic) bond motifs is 1. The molecular weight excluding hydrogens is 281 g/mol. The molecule has 4 heteroatoms. The number of halogens is 1. The van der Waals surface area contributed by atoms with E-state index in [1.54, 1.807) is 36.4 Å². The van der Waals surface area contributed by atoms with Gasteiger partial charge in [-0.15, -0.1) is 0 Å². The number of amides is 2. The first-order valence-corrected chi connectivity index (χ1v) is 7.36. The summed E-state index contributed by atoms with van der Waals surface area (Å²) in [4.78, 5) is 26.0. The molecule has 1 heterocycles. The maximum atomic E-state index is 13.0. The largest absolute Gasteiger partial charge is 0.274 e. The van der Waals surface area contributed by atoms with Crippen molar-refractivity contribution in [2.75, 3.05) is 6.54 Å². The summed E-state index contributed by atoms with van der Waals surface area (Å²) in [5, 5.41) is 0. The average Bonchev–Trinajstić information content (AvgIpc) is 3.26. The van der Waals surface area contributed by atoms with Crippen molar-refractivity contribution in [2.45, 2.75) is 12.3 Å². The molecule has 2 atom stereocenters. The summed E-state index contributed by atoms with van der Waals surface area (Å²) >= 11 is 0. The number of hydrogen-bond donors (Lipinski definition) is 0. The molecule has 3 nitrogen and oxygen atoms in total. The molecule has 0 bridgehead atoms. The third kappa shape index (κ3) is 2.03. The monoisotopic (exact) mass is 295 g/mol. The van der Waals surface area contributed by atoms with Gasteiger partial charge in [0.25, 0.3) is 11.8 Å². The number of imide groups is 1. The molecule has 110 valence electrons. The fourth-order valence-electron chi connectivity index (χ4n) is 3.21. The van der Waals surface area contributed by atoms with Crippen LogP contribution < -0.4 is 0 Å². The smallest absolute Gasteiger partial charge is 0.261 e. The van der Waals surface area contributed by atoms with Crippen molar-refractivity contribution >= 4 is 11.8 Å². The molecule has 0 saturated heterocycles. The number of nitrogens with zero attached hydrogens (tertiary/aromatic N) is 1. The topological polar surface area (TPSA) is 37.4 Å². The Morgan fingerprint density at radius 1 is 0.955 bits per heavy atom. The van der Waals surface area contributed by atoms with Crippen molar-refractivity contribution in [1.82, 2.24) is 4.90 Å². The zero-order chi connectivity index (χ0) is 15.3. The molecule has 4 rings (SSSR count). The Kier molecular flexibility index (Phi) is 2.86. The SMILES string of the molecule is O=C1c2ccccc2C(=O)N1CC1CC1c1ccc(F)cc1. The summed E-state index contributed by atoms with van der Waals surface area (Å²) in [7, 11) is 0. The standard InChI is InChI=1S/C18H14FNO2/c19-13-7-5-11(6-8-13)16-9-12(16)10-20-17(21)14-3-1-2-4-15(14)18(20)22/h1-8,12,16H,9-10H2. The lowest BCUT2D eigenvalue weighted by atomic mass is 10.1. The fourth-order valence-corrected chi connectivity index (χ4v) is 3.21. The molecule has 1 fully saturated rings. The molecule has 22 heavy (non-hydrogen) atoms. The van der Waals surface area contributed by atoms with Crippen LogP contribution in [0.1, 0.15) is 38.6 Å². The highest BCUT2D eigenvalue weighted by atomic mass is 19.1. The van der Waals surface area contributed by atoms with Crippen LogP contribution in [0.5, 0.6) is 0 Å². The Hall–Kier alpha value is -2.49. The van der Waals surface area contributed by atoms with E-state index in [0.717, 1.165) is 12.0 Å². The summed E-state index contributed by atoms with van der Waals surface area (Å²) in [6.07, 6.45) is 0.930. The van der Waals surface area contributed by atoms with Gasteiger partial charge in [-0.25, -0.2) is 4.39 Å². The van der Waals surface area contributed by atoms with Gasteiger partial charge in [0.2, 0.25) is 0 Å². The van der Waals surface area contributed by atoms with Gasteiger partial charge in [-0.3, -0.25) is 14.5 Å². The first kappa shape index (κ1) is 13.2. The zero-order valence-corrected chi connectivity index (χ0v) is 11.8. The number of hydrogen-bond acceptors (Lipinski definition) is 2. The van der Waals surface area contributed by atoms with E-state index in [0.29, 0.717) is 23.6 Å². The Morgan fingerprint density at radius 3 is 2.14 bits per heavy atom. The second kappa shape index (κ2) is 4.77. The van der Waals surface area contributed by atoms with Gasteiger partial charge in [0, 0.05) is 6.54 Å². The van der Waals surface area contributed by atoms with Crippen LogP contribution >= 0.6 is 0 Å². The minimum Gasteiger partial charge on any atom is -0.274 e. The molecule has 0 N–H and O–H groups in total. The van der Waals surface area contributed by atoms with Crippen molar-refractivity contribution in [3.05, 3.63) is 71.0 Å². The van der Waals surface area contributed by atoms with Gasteiger partial charge >= 0.3 is 0 Å². The summed E-state index contributed by atoms with van der Waals surface area (Å²) in [5.74, 6) is -0.0744. The summed E-state index contributed by atoms with van der Waals surface area (Å²) in [6.45, 7) is 0.439. The molecule has 2 unspecified atom stereocenters. The number of benzene rings is 2. The zero-order valence-electron chi connectivity index (χ0n) is 11.8. The van der Waals surface area contributed by atoms with Crippen LogP contribution in [0.3, 0.4) is 0 Å². The molecule has 2 aromatic carbocycles.